The smallest absolute Gasteiger partial charge is 0.339 e. The number of carboxylic acids is 1. The summed E-state index contributed by atoms with van der Waals surface area (Å²) >= 11 is 0. The molecule has 1 aromatic heterocycles. The van der Waals surface area contributed by atoms with Gasteiger partial charge in [-0.25, -0.2) is 4.79 Å². The molecule has 1 N–H and O–H groups in total. The van der Waals surface area contributed by atoms with E-state index in [0.717, 1.165) is 5.56 Å². The molecule has 0 saturated heterocycles. The fourth-order valence-corrected chi connectivity index (χ4v) is 3.22. The number of fused-ring (bicyclic) bond motifs is 1. The summed E-state index contributed by atoms with van der Waals surface area (Å²) in [5.74, 6) is -0.823. The number of hydrogen-bond acceptors (Lipinski definition) is 4. The third-order valence-electron chi connectivity index (χ3n) is 4.64. The van der Waals surface area contributed by atoms with E-state index in [1.807, 2.05) is 60.7 Å². The van der Waals surface area contributed by atoms with Crippen LogP contribution in [0.25, 0.3) is 22.3 Å². The molecule has 0 aliphatic rings. The average Bonchev–Trinajstić information content (AvgIpc) is 2.76. The van der Waals surface area contributed by atoms with Crippen molar-refractivity contribution in [3.63, 3.8) is 0 Å². The minimum absolute atomic E-state index is 0.0477. The highest BCUT2D eigenvalue weighted by atomic mass is 16.5. The van der Waals surface area contributed by atoms with Crippen LogP contribution in [0.3, 0.4) is 0 Å². The molecule has 4 rings (SSSR count). The quantitative estimate of drug-likeness (QED) is 0.511. The third kappa shape index (κ3) is 3.81. The van der Waals surface area contributed by atoms with Gasteiger partial charge in [-0.1, -0.05) is 66.7 Å². The van der Waals surface area contributed by atoms with Gasteiger partial charge in [0.25, 0.3) is 0 Å². The maximum atomic E-state index is 13.2. The summed E-state index contributed by atoms with van der Waals surface area (Å²) in [7, 11) is 0. The topological polar surface area (TPSA) is 76.7 Å². The largest absolute Gasteiger partial charge is 0.478 e. The summed E-state index contributed by atoms with van der Waals surface area (Å²) in [5, 5.41) is 9.71. The van der Waals surface area contributed by atoms with E-state index in [2.05, 4.69) is 0 Å². The van der Waals surface area contributed by atoms with E-state index < -0.39 is 5.97 Å². The molecule has 0 fully saturated rings. The lowest BCUT2D eigenvalue weighted by atomic mass is 10.0. The van der Waals surface area contributed by atoms with Gasteiger partial charge in [-0.3, -0.25) is 4.79 Å². The lowest BCUT2D eigenvalue weighted by Gasteiger charge is -2.12. The van der Waals surface area contributed by atoms with Gasteiger partial charge in [0.05, 0.1) is 24.2 Å². The Morgan fingerprint density at radius 1 is 0.862 bits per heavy atom. The lowest BCUT2D eigenvalue weighted by Crippen LogP contribution is -2.14. The average molecular weight is 386 g/mol. The van der Waals surface area contributed by atoms with Gasteiger partial charge in [-0.15, -0.1) is 0 Å². The third-order valence-corrected chi connectivity index (χ3v) is 4.64. The van der Waals surface area contributed by atoms with Crippen LogP contribution in [0.4, 0.5) is 0 Å². The Bertz CT molecular complexity index is 1210. The molecule has 3 aromatic carbocycles. The highest BCUT2D eigenvalue weighted by Gasteiger charge is 2.20. The van der Waals surface area contributed by atoms with Gasteiger partial charge in [0.15, 0.2) is 11.0 Å². The molecule has 0 aliphatic heterocycles. The normalized spacial score (nSPS) is 10.9. The monoisotopic (exact) mass is 386 g/mol. The fourth-order valence-electron chi connectivity index (χ4n) is 3.22. The predicted molar refractivity (Wildman–Crippen MR) is 110 cm³/mol. The second kappa shape index (κ2) is 8.12. The predicted octanol–water partition coefficient (Wildman–Crippen LogP) is 4.88. The molecule has 4 aromatic rings. The molecule has 5 nitrogen and oxygen atoms in total. The van der Waals surface area contributed by atoms with Crippen molar-refractivity contribution in [3.8, 4) is 11.3 Å². The number of benzene rings is 3. The summed E-state index contributed by atoms with van der Waals surface area (Å²) in [5.41, 5.74) is 1.77. The van der Waals surface area contributed by atoms with Gasteiger partial charge in [-0.2, -0.15) is 0 Å². The molecule has 0 bridgehead atoms. The Kier molecular flexibility index (Phi) is 5.22. The summed E-state index contributed by atoms with van der Waals surface area (Å²) in [4.78, 5) is 24.8. The molecule has 0 unspecified atom stereocenters. The van der Waals surface area contributed by atoms with Crippen molar-refractivity contribution >= 4 is 16.9 Å². The van der Waals surface area contributed by atoms with Gasteiger partial charge < -0.3 is 14.3 Å². The first kappa shape index (κ1) is 18.7. The van der Waals surface area contributed by atoms with Gasteiger partial charge in [-0.05, 0) is 17.7 Å². The van der Waals surface area contributed by atoms with Gasteiger partial charge in [0, 0.05) is 5.56 Å². The van der Waals surface area contributed by atoms with Crippen LogP contribution in [-0.2, 0) is 18.0 Å². The SMILES string of the molecule is O=C(O)c1cccc2c(=O)c(COCc3ccccc3)c(-c3ccccc3)oc12. The molecule has 0 saturated carbocycles. The van der Waals surface area contributed by atoms with Crippen LogP contribution in [0.5, 0.6) is 0 Å². The number of rotatable bonds is 6. The minimum Gasteiger partial charge on any atom is -0.478 e. The van der Waals surface area contributed by atoms with E-state index in [4.69, 9.17) is 9.15 Å². The summed E-state index contributed by atoms with van der Waals surface area (Å²) in [6.07, 6.45) is 0. The Hall–Kier alpha value is -3.70. The number of carbonyl (C=O) groups is 1. The standard InChI is InChI=1S/C24H18O5/c25-21-18-12-7-13-19(24(26)27)23(18)29-22(17-10-5-2-6-11-17)20(21)15-28-14-16-8-3-1-4-9-16/h1-13H,14-15H2,(H,26,27). The maximum absolute atomic E-state index is 13.2. The molecule has 0 spiro atoms. The molecule has 0 amide bonds. The molecular weight excluding hydrogens is 368 g/mol. The molecule has 0 atom stereocenters. The Morgan fingerprint density at radius 3 is 2.24 bits per heavy atom. The van der Waals surface area contributed by atoms with Crippen molar-refractivity contribution < 1.29 is 19.1 Å². The zero-order chi connectivity index (χ0) is 20.2. The molecule has 5 heteroatoms. The molecule has 1 heterocycles. The number of hydrogen-bond donors (Lipinski definition) is 1. The number of aromatic carboxylic acids is 1. The highest BCUT2D eigenvalue weighted by Crippen LogP contribution is 2.28. The van der Waals surface area contributed by atoms with E-state index in [-0.39, 0.29) is 28.6 Å². The van der Waals surface area contributed by atoms with Gasteiger partial charge in [0.2, 0.25) is 0 Å². The van der Waals surface area contributed by atoms with E-state index in [9.17, 15) is 14.7 Å². The lowest BCUT2D eigenvalue weighted by molar-refractivity contribution is 0.0698. The van der Waals surface area contributed by atoms with E-state index in [0.29, 0.717) is 23.5 Å². The van der Waals surface area contributed by atoms with Crippen LogP contribution in [0.15, 0.2) is 88.1 Å². The van der Waals surface area contributed by atoms with E-state index in [1.165, 1.54) is 6.07 Å². The van der Waals surface area contributed by atoms with Crippen LogP contribution < -0.4 is 5.43 Å². The van der Waals surface area contributed by atoms with Crippen molar-refractivity contribution in [2.45, 2.75) is 13.2 Å². The summed E-state index contributed by atoms with van der Waals surface area (Å²) in [6, 6.07) is 23.3. The van der Waals surface area contributed by atoms with Crippen molar-refractivity contribution in [1.29, 1.82) is 0 Å². The van der Waals surface area contributed by atoms with Crippen molar-refractivity contribution in [1.82, 2.24) is 0 Å². The van der Waals surface area contributed by atoms with Crippen LogP contribution >= 0.6 is 0 Å². The second-order valence-corrected chi connectivity index (χ2v) is 6.57. The number of ether oxygens (including phenoxy) is 1. The first-order valence-corrected chi connectivity index (χ1v) is 9.14. The van der Waals surface area contributed by atoms with Gasteiger partial charge >= 0.3 is 5.97 Å². The first-order valence-electron chi connectivity index (χ1n) is 9.14. The van der Waals surface area contributed by atoms with Gasteiger partial charge in [0.1, 0.15) is 11.3 Å². The Labute approximate surface area is 166 Å². The molecule has 144 valence electrons. The van der Waals surface area contributed by atoms with Crippen molar-refractivity contribution in [3.05, 3.63) is 106 Å². The first-order chi connectivity index (χ1) is 14.1. The summed E-state index contributed by atoms with van der Waals surface area (Å²) < 4.78 is 11.8. The second-order valence-electron chi connectivity index (χ2n) is 6.57. The van der Waals surface area contributed by atoms with Crippen molar-refractivity contribution in [2.75, 3.05) is 0 Å². The fraction of sp³-hybridized carbons (Fsp3) is 0.0833. The van der Waals surface area contributed by atoms with Crippen LogP contribution in [0.1, 0.15) is 21.5 Å². The Morgan fingerprint density at radius 2 is 1.55 bits per heavy atom. The summed E-state index contributed by atoms with van der Waals surface area (Å²) in [6.45, 7) is 0.399. The zero-order valence-electron chi connectivity index (χ0n) is 15.5. The zero-order valence-corrected chi connectivity index (χ0v) is 15.5. The number of carboxylic acid groups (broad SMARTS) is 1. The van der Waals surface area contributed by atoms with Crippen LogP contribution in [0.2, 0.25) is 0 Å². The molecular formula is C24H18O5. The van der Waals surface area contributed by atoms with Crippen LogP contribution in [0, 0.1) is 0 Å². The molecule has 29 heavy (non-hydrogen) atoms. The van der Waals surface area contributed by atoms with Crippen molar-refractivity contribution in [2.24, 2.45) is 0 Å². The molecule has 0 aliphatic carbocycles. The van der Waals surface area contributed by atoms with Crippen LogP contribution in [-0.4, -0.2) is 11.1 Å². The maximum Gasteiger partial charge on any atom is 0.339 e. The minimum atomic E-state index is -1.15. The molecule has 0 radical (unpaired) electrons. The number of para-hydroxylation sites is 1. The van der Waals surface area contributed by atoms with E-state index in [1.54, 1.807) is 12.1 Å². The van der Waals surface area contributed by atoms with E-state index >= 15 is 0 Å². The highest BCUT2D eigenvalue weighted by molar-refractivity contribution is 6.01. The Balaban J connectivity index is 1.82.